The first-order valence-electron chi connectivity index (χ1n) is 8.87. The number of alkyl halides is 3. The van der Waals surface area contributed by atoms with Crippen LogP contribution in [0.1, 0.15) is 25.5 Å². The lowest BCUT2D eigenvalue weighted by molar-refractivity contribution is -0.137. The van der Waals surface area contributed by atoms with Gasteiger partial charge in [0, 0.05) is 36.6 Å². The zero-order valence-corrected chi connectivity index (χ0v) is 17.2. The van der Waals surface area contributed by atoms with Gasteiger partial charge in [0.15, 0.2) is 0 Å². The third-order valence-electron chi connectivity index (χ3n) is 4.52. The molecule has 0 atom stereocenters. The predicted octanol–water partition coefficient (Wildman–Crippen LogP) is 3.95. The number of aromatic nitrogens is 3. The largest absolute Gasteiger partial charge is 0.416 e. The van der Waals surface area contributed by atoms with Crippen LogP contribution in [-0.4, -0.2) is 30.2 Å². The van der Waals surface area contributed by atoms with Crippen molar-refractivity contribution in [2.24, 2.45) is 0 Å². The number of sulfonamides is 1. The van der Waals surface area contributed by atoms with Crippen LogP contribution in [0.4, 0.5) is 24.7 Å². The summed E-state index contributed by atoms with van der Waals surface area (Å²) in [6.07, 6.45) is 0.128. The quantitative estimate of drug-likeness (QED) is 0.650. The molecule has 2 aromatic heterocycles. The fourth-order valence-corrected chi connectivity index (χ4v) is 4.03. The molecule has 0 aliphatic carbocycles. The van der Waals surface area contributed by atoms with Gasteiger partial charge in [-0.1, -0.05) is 6.07 Å². The number of pyridine rings is 1. The Hall–Kier alpha value is -3.08. The van der Waals surface area contributed by atoms with Crippen LogP contribution < -0.4 is 10.0 Å². The number of nitrogens with zero attached hydrogens (tertiary/aromatic N) is 4. The number of hydrogen-bond donors (Lipinski definition) is 1. The summed E-state index contributed by atoms with van der Waals surface area (Å²) in [6.45, 7) is 3.88. The van der Waals surface area contributed by atoms with E-state index in [4.69, 9.17) is 5.73 Å². The fourth-order valence-electron chi connectivity index (χ4n) is 2.75. The third-order valence-corrected chi connectivity index (χ3v) is 6.34. The number of halogens is 3. The Kier molecular flexibility index (Phi) is 5.50. The molecular formula is C19H20F3N5O2S. The first-order valence-corrected chi connectivity index (χ1v) is 10.3. The van der Waals surface area contributed by atoms with Gasteiger partial charge in [-0.05, 0) is 38.1 Å². The molecule has 7 nitrogen and oxygen atoms in total. The predicted molar refractivity (Wildman–Crippen MR) is 107 cm³/mol. The lowest BCUT2D eigenvalue weighted by atomic mass is 10.2. The lowest BCUT2D eigenvalue weighted by Gasteiger charge is -2.21. The third kappa shape index (κ3) is 4.11. The van der Waals surface area contributed by atoms with E-state index in [0.29, 0.717) is 11.1 Å². The Labute approximate surface area is 172 Å². The maximum atomic E-state index is 13.1. The van der Waals surface area contributed by atoms with Gasteiger partial charge in [0.25, 0.3) is 10.0 Å². The molecule has 11 heteroatoms. The summed E-state index contributed by atoms with van der Waals surface area (Å²) < 4.78 is 67.7. The van der Waals surface area contributed by atoms with Gasteiger partial charge in [0.2, 0.25) is 0 Å². The van der Waals surface area contributed by atoms with Crippen molar-refractivity contribution in [2.75, 3.05) is 17.1 Å². The smallest absolute Gasteiger partial charge is 0.383 e. The van der Waals surface area contributed by atoms with Crippen LogP contribution in [-0.2, 0) is 16.2 Å². The molecule has 0 spiro atoms. The number of nitrogen functional groups attached to an aromatic ring is 1. The SMILES string of the molecule is CC(C)n1cc(-c2cnc(N)c(S(=O)(=O)N(C)c3cccc(C(F)(F)F)c3)c2)cn1. The molecule has 0 aliphatic heterocycles. The van der Waals surface area contributed by atoms with Crippen LogP contribution in [0, 0.1) is 0 Å². The second-order valence-electron chi connectivity index (χ2n) is 6.93. The van der Waals surface area contributed by atoms with Crippen LogP contribution in [0.5, 0.6) is 0 Å². The maximum absolute atomic E-state index is 13.1. The Morgan fingerprint density at radius 1 is 1.13 bits per heavy atom. The van der Waals surface area contributed by atoms with Crippen LogP contribution in [0.25, 0.3) is 11.1 Å². The standard InChI is InChI=1S/C19H20F3N5O2S/c1-12(2)27-11-14(10-25-27)13-7-17(18(23)24-9-13)30(28,29)26(3)16-6-4-5-15(8-16)19(20,21)22/h4-12H,1-3H3,(H2,23,24). The molecule has 1 aromatic carbocycles. The topological polar surface area (TPSA) is 94.1 Å². The molecule has 0 amide bonds. The van der Waals surface area contributed by atoms with Crippen molar-refractivity contribution in [3.63, 3.8) is 0 Å². The van der Waals surface area contributed by atoms with Gasteiger partial charge in [0.05, 0.1) is 17.4 Å². The molecule has 0 bridgehead atoms. The maximum Gasteiger partial charge on any atom is 0.416 e. The molecule has 0 radical (unpaired) electrons. The molecule has 0 unspecified atom stereocenters. The Balaban J connectivity index is 2.03. The number of hydrogen-bond acceptors (Lipinski definition) is 5. The highest BCUT2D eigenvalue weighted by atomic mass is 32.2. The summed E-state index contributed by atoms with van der Waals surface area (Å²) in [6, 6.07) is 5.49. The van der Waals surface area contributed by atoms with Gasteiger partial charge in [0.1, 0.15) is 10.7 Å². The normalized spacial score (nSPS) is 12.4. The summed E-state index contributed by atoms with van der Waals surface area (Å²) in [4.78, 5) is 3.66. The van der Waals surface area contributed by atoms with Gasteiger partial charge in [-0.25, -0.2) is 13.4 Å². The highest BCUT2D eigenvalue weighted by Crippen LogP contribution is 2.34. The van der Waals surface area contributed by atoms with E-state index in [1.165, 1.54) is 18.3 Å². The van der Waals surface area contributed by atoms with Crippen molar-refractivity contribution in [1.82, 2.24) is 14.8 Å². The molecule has 0 saturated heterocycles. The van der Waals surface area contributed by atoms with Crippen molar-refractivity contribution < 1.29 is 21.6 Å². The Morgan fingerprint density at radius 3 is 2.43 bits per heavy atom. The molecule has 0 saturated carbocycles. The van der Waals surface area contributed by atoms with Crippen LogP contribution in [0.15, 0.2) is 53.8 Å². The van der Waals surface area contributed by atoms with E-state index in [1.807, 2.05) is 13.8 Å². The monoisotopic (exact) mass is 439 g/mol. The van der Waals surface area contributed by atoms with Crippen molar-refractivity contribution in [3.8, 4) is 11.1 Å². The molecule has 0 fully saturated rings. The zero-order chi connectivity index (χ0) is 22.3. The second kappa shape index (κ2) is 7.63. The van der Waals surface area contributed by atoms with E-state index in [2.05, 4.69) is 10.1 Å². The minimum Gasteiger partial charge on any atom is -0.383 e. The summed E-state index contributed by atoms with van der Waals surface area (Å²) in [5, 5.41) is 4.21. The molecule has 3 rings (SSSR count). The van der Waals surface area contributed by atoms with Crippen LogP contribution in [0.2, 0.25) is 0 Å². The Bertz CT molecular complexity index is 1170. The minimum atomic E-state index is -4.60. The van der Waals surface area contributed by atoms with E-state index >= 15 is 0 Å². The van der Waals surface area contributed by atoms with Gasteiger partial charge in [-0.3, -0.25) is 8.99 Å². The zero-order valence-electron chi connectivity index (χ0n) is 16.4. The van der Waals surface area contributed by atoms with Crippen molar-refractivity contribution >= 4 is 21.5 Å². The summed E-state index contributed by atoms with van der Waals surface area (Å²) in [7, 11) is -3.11. The number of rotatable bonds is 5. The molecule has 160 valence electrons. The molecular weight excluding hydrogens is 419 g/mol. The number of benzene rings is 1. The van der Waals surface area contributed by atoms with E-state index in [0.717, 1.165) is 29.6 Å². The molecule has 3 aromatic rings. The second-order valence-corrected chi connectivity index (χ2v) is 8.87. The number of nitrogens with two attached hydrogens (primary N) is 1. The van der Waals surface area contributed by atoms with Crippen molar-refractivity contribution in [1.29, 1.82) is 0 Å². The Morgan fingerprint density at radius 2 is 1.83 bits per heavy atom. The summed E-state index contributed by atoms with van der Waals surface area (Å²) in [5.74, 6) is -0.256. The van der Waals surface area contributed by atoms with Gasteiger partial charge in [-0.2, -0.15) is 18.3 Å². The van der Waals surface area contributed by atoms with Gasteiger partial charge in [-0.15, -0.1) is 0 Å². The van der Waals surface area contributed by atoms with E-state index in [9.17, 15) is 21.6 Å². The molecule has 0 aliphatic rings. The summed E-state index contributed by atoms with van der Waals surface area (Å²) in [5.41, 5.74) is 5.80. The van der Waals surface area contributed by atoms with Gasteiger partial charge >= 0.3 is 6.18 Å². The molecule has 2 heterocycles. The molecule has 2 N–H and O–H groups in total. The van der Waals surface area contributed by atoms with Gasteiger partial charge < -0.3 is 5.73 Å². The minimum absolute atomic E-state index is 0.107. The average Bonchev–Trinajstić information content (AvgIpc) is 3.17. The van der Waals surface area contributed by atoms with E-state index in [-0.39, 0.29) is 22.4 Å². The van der Waals surface area contributed by atoms with E-state index < -0.39 is 21.8 Å². The highest BCUT2D eigenvalue weighted by Gasteiger charge is 2.32. The lowest BCUT2D eigenvalue weighted by Crippen LogP contribution is -2.28. The number of anilines is 2. The fraction of sp³-hybridized carbons (Fsp3) is 0.263. The van der Waals surface area contributed by atoms with E-state index in [1.54, 1.807) is 17.1 Å². The van der Waals surface area contributed by atoms with Crippen molar-refractivity contribution in [3.05, 3.63) is 54.5 Å². The van der Waals surface area contributed by atoms with Crippen LogP contribution in [0.3, 0.4) is 0 Å². The summed E-state index contributed by atoms with van der Waals surface area (Å²) >= 11 is 0. The first-order chi connectivity index (χ1) is 13.9. The van der Waals surface area contributed by atoms with Crippen LogP contribution >= 0.6 is 0 Å². The average molecular weight is 439 g/mol. The first kappa shape index (κ1) is 21.6. The van der Waals surface area contributed by atoms with Crippen molar-refractivity contribution in [2.45, 2.75) is 31.0 Å². The highest BCUT2D eigenvalue weighted by molar-refractivity contribution is 7.93. The molecule has 30 heavy (non-hydrogen) atoms.